The lowest BCUT2D eigenvalue weighted by molar-refractivity contribution is -0.383. The standard InChI is InChI=1S/C14H13N3O4/c1-21-13-5-3-2-4-11(13)16-14(18)9-6-7-12(17(19)20)10(15)8-9/h2-8H,15H2,1H3,(H,16,18). The van der Waals surface area contributed by atoms with Crippen molar-refractivity contribution in [3.05, 3.63) is 58.1 Å². The van der Waals surface area contributed by atoms with Crippen LogP contribution in [0.3, 0.4) is 0 Å². The molecule has 0 aliphatic carbocycles. The highest BCUT2D eigenvalue weighted by Gasteiger charge is 2.15. The number of nitrogens with zero attached hydrogens (tertiary/aromatic N) is 1. The van der Waals surface area contributed by atoms with Crippen LogP contribution >= 0.6 is 0 Å². The van der Waals surface area contributed by atoms with Crippen LogP contribution in [0.15, 0.2) is 42.5 Å². The molecule has 108 valence electrons. The van der Waals surface area contributed by atoms with Crippen molar-refractivity contribution in [1.82, 2.24) is 0 Å². The Labute approximate surface area is 120 Å². The molecule has 0 unspecified atom stereocenters. The SMILES string of the molecule is COc1ccccc1NC(=O)c1ccc([N+](=O)[O-])c(N)c1. The Morgan fingerprint density at radius 3 is 2.62 bits per heavy atom. The van der Waals surface area contributed by atoms with Gasteiger partial charge in [0.1, 0.15) is 11.4 Å². The molecule has 2 rings (SSSR count). The molecule has 7 heteroatoms. The van der Waals surface area contributed by atoms with E-state index in [2.05, 4.69) is 5.32 Å². The molecule has 0 spiro atoms. The molecule has 0 bridgehead atoms. The Hall–Kier alpha value is -3.09. The number of hydrogen-bond acceptors (Lipinski definition) is 5. The third kappa shape index (κ3) is 3.08. The van der Waals surface area contributed by atoms with Crippen LogP contribution in [0.4, 0.5) is 17.1 Å². The molecule has 0 aliphatic rings. The minimum Gasteiger partial charge on any atom is -0.495 e. The zero-order chi connectivity index (χ0) is 15.4. The second-order valence-electron chi connectivity index (χ2n) is 4.19. The van der Waals surface area contributed by atoms with Crippen LogP contribution in [0, 0.1) is 10.1 Å². The monoisotopic (exact) mass is 287 g/mol. The molecule has 0 fully saturated rings. The van der Waals surface area contributed by atoms with Crippen molar-refractivity contribution in [2.24, 2.45) is 0 Å². The third-order valence-corrected chi connectivity index (χ3v) is 2.84. The minimum atomic E-state index is -0.600. The number of nitrogens with one attached hydrogen (secondary N) is 1. The predicted octanol–water partition coefficient (Wildman–Crippen LogP) is 2.44. The molecule has 0 atom stereocenters. The number of nitro benzene ring substituents is 1. The van der Waals surface area contributed by atoms with Crippen molar-refractivity contribution in [3.63, 3.8) is 0 Å². The van der Waals surface area contributed by atoms with Crippen molar-refractivity contribution in [3.8, 4) is 5.75 Å². The van der Waals surface area contributed by atoms with Gasteiger partial charge in [-0.2, -0.15) is 0 Å². The first-order valence-electron chi connectivity index (χ1n) is 6.01. The van der Waals surface area contributed by atoms with Gasteiger partial charge in [0.05, 0.1) is 17.7 Å². The number of para-hydroxylation sites is 2. The summed E-state index contributed by atoms with van der Waals surface area (Å²) in [5.74, 6) is 0.0850. The highest BCUT2D eigenvalue weighted by Crippen LogP contribution is 2.25. The molecule has 3 N–H and O–H groups in total. The molecule has 7 nitrogen and oxygen atoms in total. The molecule has 0 saturated heterocycles. The van der Waals surface area contributed by atoms with Crippen LogP contribution in [0.2, 0.25) is 0 Å². The molecular weight excluding hydrogens is 274 g/mol. The van der Waals surface area contributed by atoms with Crippen molar-refractivity contribution in [2.45, 2.75) is 0 Å². The molecule has 2 aromatic carbocycles. The second-order valence-corrected chi connectivity index (χ2v) is 4.19. The number of hydrogen-bond donors (Lipinski definition) is 2. The van der Waals surface area contributed by atoms with Gasteiger partial charge in [0.25, 0.3) is 11.6 Å². The van der Waals surface area contributed by atoms with E-state index in [-0.39, 0.29) is 16.9 Å². The maximum Gasteiger partial charge on any atom is 0.292 e. The molecule has 0 aromatic heterocycles. The lowest BCUT2D eigenvalue weighted by Gasteiger charge is -2.10. The lowest BCUT2D eigenvalue weighted by atomic mass is 10.1. The Bertz CT molecular complexity index is 700. The van der Waals surface area contributed by atoms with Crippen molar-refractivity contribution in [2.75, 3.05) is 18.2 Å². The molecular formula is C14H13N3O4. The number of rotatable bonds is 4. The molecule has 1 amide bonds. The number of nitrogens with two attached hydrogens (primary N) is 1. The zero-order valence-corrected chi connectivity index (χ0v) is 11.2. The number of carbonyl (C=O) groups is 1. The van der Waals surface area contributed by atoms with E-state index >= 15 is 0 Å². The normalized spacial score (nSPS) is 9.95. The topological polar surface area (TPSA) is 107 Å². The summed E-state index contributed by atoms with van der Waals surface area (Å²) < 4.78 is 5.13. The average molecular weight is 287 g/mol. The molecule has 2 aromatic rings. The van der Waals surface area contributed by atoms with Crippen molar-refractivity contribution in [1.29, 1.82) is 0 Å². The summed E-state index contributed by atoms with van der Waals surface area (Å²) in [4.78, 5) is 22.2. The zero-order valence-electron chi connectivity index (χ0n) is 11.2. The Morgan fingerprint density at radius 1 is 1.29 bits per heavy atom. The first-order chi connectivity index (χ1) is 10.0. The van der Waals surface area contributed by atoms with E-state index in [9.17, 15) is 14.9 Å². The van der Waals surface area contributed by atoms with Gasteiger partial charge in [-0.3, -0.25) is 14.9 Å². The number of anilines is 2. The molecule has 0 aliphatic heterocycles. The van der Waals surface area contributed by atoms with Gasteiger partial charge in [0, 0.05) is 11.6 Å². The van der Waals surface area contributed by atoms with Crippen LogP contribution in [0.5, 0.6) is 5.75 Å². The number of benzene rings is 2. The van der Waals surface area contributed by atoms with Crippen molar-refractivity contribution >= 4 is 23.0 Å². The smallest absolute Gasteiger partial charge is 0.292 e. The average Bonchev–Trinajstić information content (AvgIpc) is 2.47. The maximum absolute atomic E-state index is 12.1. The van der Waals surface area contributed by atoms with E-state index in [0.29, 0.717) is 11.4 Å². The van der Waals surface area contributed by atoms with E-state index in [4.69, 9.17) is 10.5 Å². The Balaban J connectivity index is 2.25. The number of ether oxygens (including phenoxy) is 1. The minimum absolute atomic E-state index is 0.0623. The highest BCUT2D eigenvalue weighted by molar-refractivity contribution is 6.05. The fraction of sp³-hybridized carbons (Fsp3) is 0.0714. The quantitative estimate of drug-likeness (QED) is 0.510. The second kappa shape index (κ2) is 5.91. The van der Waals surface area contributed by atoms with Gasteiger partial charge < -0.3 is 15.8 Å². The van der Waals surface area contributed by atoms with Gasteiger partial charge in [-0.05, 0) is 24.3 Å². The van der Waals surface area contributed by atoms with Gasteiger partial charge in [-0.25, -0.2) is 0 Å². The molecule has 0 heterocycles. The summed E-state index contributed by atoms with van der Waals surface area (Å²) >= 11 is 0. The number of nitrogen functional groups attached to an aromatic ring is 1. The molecule has 0 saturated carbocycles. The van der Waals surface area contributed by atoms with Gasteiger partial charge in [0.15, 0.2) is 0 Å². The number of nitro groups is 1. The highest BCUT2D eigenvalue weighted by atomic mass is 16.6. The number of amides is 1. The van der Waals surface area contributed by atoms with Gasteiger partial charge in [0.2, 0.25) is 0 Å². The summed E-state index contributed by atoms with van der Waals surface area (Å²) in [6.45, 7) is 0. The summed E-state index contributed by atoms with van der Waals surface area (Å²) in [6, 6.07) is 10.7. The molecule has 21 heavy (non-hydrogen) atoms. The lowest BCUT2D eigenvalue weighted by Crippen LogP contribution is -2.13. The Morgan fingerprint density at radius 2 is 2.00 bits per heavy atom. The predicted molar refractivity (Wildman–Crippen MR) is 78.5 cm³/mol. The molecule has 0 radical (unpaired) electrons. The van der Waals surface area contributed by atoms with E-state index in [1.165, 1.54) is 25.3 Å². The van der Waals surface area contributed by atoms with Gasteiger partial charge in [-0.15, -0.1) is 0 Å². The van der Waals surface area contributed by atoms with Crippen molar-refractivity contribution < 1.29 is 14.5 Å². The van der Waals surface area contributed by atoms with E-state index in [1.807, 2.05) is 0 Å². The van der Waals surface area contributed by atoms with Gasteiger partial charge in [-0.1, -0.05) is 12.1 Å². The first kappa shape index (κ1) is 14.3. The van der Waals surface area contributed by atoms with Crippen LogP contribution in [-0.4, -0.2) is 17.9 Å². The maximum atomic E-state index is 12.1. The van der Waals surface area contributed by atoms with E-state index in [1.54, 1.807) is 24.3 Å². The van der Waals surface area contributed by atoms with E-state index in [0.717, 1.165) is 0 Å². The van der Waals surface area contributed by atoms with Crippen LogP contribution in [0.1, 0.15) is 10.4 Å². The number of carbonyl (C=O) groups excluding carboxylic acids is 1. The third-order valence-electron chi connectivity index (χ3n) is 2.84. The fourth-order valence-electron chi connectivity index (χ4n) is 1.80. The van der Waals surface area contributed by atoms with Crippen LogP contribution < -0.4 is 15.8 Å². The number of methoxy groups -OCH3 is 1. The first-order valence-corrected chi connectivity index (χ1v) is 6.01. The Kier molecular flexibility index (Phi) is 4.03. The summed E-state index contributed by atoms with van der Waals surface area (Å²) in [5.41, 5.74) is 6.00. The van der Waals surface area contributed by atoms with E-state index < -0.39 is 10.8 Å². The largest absolute Gasteiger partial charge is 0.495 e. The fourth-order valence-corrected chi connectivity index (χ4v) is 1.80. The summed E-state index contributed by atoms with van der Waals surface area (Å²) in [7, 11) is 1.49. The van der Waals surface area contributed by atoms with Crippen LogP contribution in [-0.2, 0) is 0 Å². The van der Waals surface area contributed by atoms with Gasteiger partial charge >= 0.3 is 0 Å². The summed E-state index contributed by atoms with van der Waals surface area (Å²) in [5, 5.41) is 13.4. The summed E-state index contributed by atoms with van der Waals surface area (Å²) in [6.07, 6.45) is 0. The van der Waals surface area contributed by atoms with Crippen LogP contribution in [0.25, 0.3) is 0 Å².